The lowest BCUT2D eigenvalue weighted by Gasteiger charge is -2.44. The highest BCUT2D eigenvalue weighted by atomic mass is 16.2. The largest absolute Gasteiger partial charge is 0.367 e. The van der Waals surface area contributed by atoms with Crippen molar-refractivity contribution in [3.05, 3.63) is 42.6 Å². The highest BCUT2D eigenvalue weighted by Gasteiger charge is 2.33. The van der Waals surface area contributed by atoms with Gasteiger partial charge in [-0.1, -0.05) is 19.6 Å². The molecule has 4 rings (SSSR count). The van der Waals surface area contributed by atoms with E-state index in [0.29, 0.717) is 12.0 Å². The van der Waals surface area contributed by atoms with E-state index in [9.17, 15) is 4.79 Å². The Morgan fingerprint density at radius 3 is 2.75 bits per heavy atom. The molecule has 0 saturated carbocycles. The van der Waals surface area contributed by atoms with Crippen LogP contribution in [0.1, 0.15) is 37.8 Å². The number of hydrogen-bond donors (Lipinski definition) is 1. The number of H-pyrrole nitrogens is 1. The van der Waals surface area contributed by atoms with Crippen molar-refractivity contribution in [3.8, 4) is 0 Å². The molecule has 1 aromatic carbocycles. The lowest BCUT2D eigenvalue weighted by molar-refractivity contribution is -0.130. The predicted octanol–water partition coefficient (Wildman–Crippen LogP) is 3.59. The number of carbonyl (C=O) groups excluding carboxylic acids is 1. The molecule has 1 N–H and O–H groups in total. The maximum Gasteiger partial charge on any atom is 0.246 e. The standard InChI is InChI=1S/C23H32N4O/c1-4-11-26-12-9-17(10-13-26)21-14-19-20(24-21)7-6-8-22(19)25(3)18-15-27(16-18)23(28)5-2/h5-8,14,17-18,24H,2,4,9-13,15-16H2,1,3H3. The molecule has 0 spiro atoms. The maximum atomic E-state index is 11.7. The highest BCUT2D eigenvalue weighted by Crippen LogP contribution is 2.35. The van der Waals surface area contributed by atoms with Crippen LogP contribution in [-0.4, -0.2) is 66.5 Å². The Labute approximate surface area is 168 Å². The minimum atomic E-state index is 0.0289. The second-order valence-corrected chi connectivity index (χ2v) is 8.29. The van der Waals surface area contributed by atoms with Crippen molar-refractivity contribution in [2.45, 2.75) is 38.1 Å². The number of nitrogens with zero attached hydrogens (tertiary/aromatic N) is 3. The molecule has 0 bridgehead atoms. The number of likely N-dealkylation sites (tertiary alicyclic amines) is 2. The number of aromatic nitrogens is 1. The number of nitrogens with one attached hydrogen (secondary N) is 1. The number of likely N-dealkylation sites (N-methyl/N-ethyl adjacent to an activating group) is 1. The summed E-state index contributed by atoms with van der Waals surface area (Å²) >= 11 is 0. The monoisotopic (exact) mass is 380 g/mol. The molecular weight excluding hydrogens is 348 g/mol. The third kappa shape index (κ3) is 3.55. The first-order valence-electron chi connectivity index (χ1n) is 10.6. The molecule has 28 heavy (non-hydrogen) atoms. The number of piperidine rings is 1. The third-order valence-corrected chi connectivity index (χ3v) is 6.51. The van der Waals surface area contributed by atoms with E-state index in [0.717, 1.165) is 13.1 Å². The van der Waals surface area contributed by atoms with E-state index in [1.165, 1.54) is 67.3 Å². The average Bonchev–Trinajstić information content (AvgIpc) is 3.11. The van der Waals surface area contributed by atoms with Crippen LogP contribution in [0.2, 0.25) is 0 Å². The van der Waals surface area contributed by atoms with Crippen molar-refractivity contribution in [1.29, 1.82) is 0 Å². The van der Waals surface area contributed by atoms with Gasteiger partial charge in [0.05, 0.1) is 6.04 Å². The summed E-state index contributed by atoms with van der Waals surface area (Å²) < 4.78 is 0. The van der Waals surface area contributed by atoms with Gasteiger partial charge in [0.2, 0.25) is 5.91 Å². The summed E-state index contributed by atoms with van der Waals surface area (Å²) in [5, 5.41) is 1.30. The van der Waals surface area contributed by atoms with Crippen LogP contribution < -0.4 is 4.90 Å². The molecule has 0 unspecified atom stereocenters. The molecule has 1 amide bonds. The van der Waals surface area contributed by atoms with Crippen LogP contribution in [0.15, 0.2) is 36.9 Å². The summed E-state index contributed by atoms with van der Waals surface area (Å²) in [5.74, 6) is 0.657. The van der Waals surface area contributed by atoms with Gasteiger partial charge < -0.3 is 19.7 Å². The van der Waals surface area contributed by atoms with Crippen LogP contribution >= 0.6 is 0 Å². The van der Waals surface area contributed by atoms with Gasteiger partial charge in [0.25, 0.3) is 0 Å². The second kappa shape index (κ2) is 8.00. The van der Waals surface area contributed by atoms with Crippen molar-refractivity contribution >= 4 is 22.5 Å². The fourth-order valence-electron chi connectivity index (χ4n) is 4.68. The Morgan fingerprint density at radius 2 is 2.07 bits per heavy atom. The molecule has 0 radical (unpaired) electrons. The van der Waals surface area contributed by atoms with E-state index >= 15 is 0 Å². The lowest BCUT2D eigenvalue weighted by Crippen LogP contribution is -2.60. The predicted molar refractivity (Wildman–Crippen MR) is 116 cm³/mol. The summed E-state index contributed by atoms with van der Waals surface area (Å²) in [4.78, 5) is 22.2. The summed E-state index contributed by atoms with van der Waals surface area (Å²) in [6.07, 6.45) is 5.11. The van der Waals surface area contributed by atoms with Gasteiger partial charge in [-0.05, 0) is 63.2 Å². The number of carbonyl (C=O) groups is 1. The molecule has 0 atom stereocenters. The smallest absolute Gasteiger partial charge is 0.246 e. The SMILES string of the molecule is C=CC(=O)N1CC(N(C)c2cccc3[nH]c(C4CCN(CCC)CC4)cc23)C1. The summed E-state index contributed by atoms with van der Waals surface area (Å²) in [6, 6.07) is 9.24. The molecule has 5 heteroatoms. The van der Waals surface area contributed by atoms with Gasteiger partial charge >= 0.3 is 0 Å². The van der Waals surface area contributed by atoms with Crippen molar-refractivity contribution in [2.75, 3.05) is 44.7 Å². The minimum absolute atomic E-state index is 0.0289. The van der Waals surface area contributed by atoms with Gasteiger partial charge in [-0.15, -0.1) is 0 Å². The zero-order valence-corrected chi connectivity index (χ0v) is 17.2. The highest BCUT2D eigenvalue weighted by molar-refractivity contribution is 5.93. The molecular formula is C23H32N4O. The summed E-state index contributed by atoms with van der Waals surface area (Å²) in [7, 11) is 2.14. The Kier molecular flexibility index (Phi) is 5.44. The topological polar surface area (TPSA) is 42.6 Å². The van der Waals surface area contributed by atoms with Crippen molar-refractivity contribution in [2.24, 2.45) is 0 Å². The Morgan fingerprint density at radius 1 is 1.32 bits per heavy atom. The second-order valence-electron chi connectivity index (χ2n) is 8.29. The quantitative estimate of drug-likeness (QED) is 0.779. The molecule has 3 heterocycles. The molecule has 150 valence electrons. The summed E-state index contributed by atoms with van der Waals surface area (Å²) in [5.41, 5.74) is 3.84. The fraction of sp³-hybridized carbons (Fsp3) is 0.522. The van der Waals surface area contributed by atoms with Crippen molar-refractivity contribution < 1.29 is 4.79 Å². The molecule has 2 aromatic rings. The molecule has 2 aliphatic heterocycles. The molecule has 1 aromatic heterocycles. The maximum absolute atomic E-state index is 11.7. The number of aromatic amines is 1. The van der Waals surface area contributed by atoms with Crippen LogP contribution in [-0.2, 0) is 4.79 Å². The van der Waals surface area contributed by atoms with Crippen molar-refractivity contribution in [3.63, 3.8) is 0 Å². The number of hydrogen-bond acceptors (Lipinski definition) is 3. The Hall–Kier alpha value is -2.27. The van der Waals surface area contributed by atoms with E-state index in [1.54, 1.807) is 0 Å². The molecule has 2 fully saturated rings. The van der Waals surface area contributed by atoms with Gasteiger partial charge in [-0.25, -0.2) is 0 Å². The fourth-order valence-corrected chi connectivity index (χ4v) is 4.68. The molecule has 2 saturated heterocycles. The average molecular weight is 381 g/mol. The van der Waals surface area contributed by atoms with E-state index in [1.807, 2.05) is 4.90 Å². The van der Waals surface area contributed by atoms with Gasteiger partial charge in [-0.3, -0.25) is 4.79 Å². The zero-order chi connectivity index (χ0) is 19.7. The molecule has 5 nitrogen and oxygen atoms in total. The van der Waals surface area contributed by atoms with Gasteiger partial charge in [0.15, 0.2) is 0 Å². The number of benzene rings is 1. The first kappa shape index (κ1) is 19.1. The van der Waals surface area contributed by atoms with E-state index in [4.69, 9.17) is 0 Å². The molecule has 2 aliphatic rings. The Bertz CT molecular complexity index is 843. The van der Waals surface area contributed by atoms with Crippen molar-refractivity contribution in [1.82, 2.24) is 14.8 Å². The minimum Gasteiger partial charge on any atom is -0.367 e. The van der Waals surface area contributed by atoms with Crippen LogP contribution in [0.5, 0.6) is 0 Å². The van der Waals surface area contributed by atoms with E-state index in [-0.39, 0.29) is 5.91 Å². The lowest BCUT2D eigenvalue weighted by atomic mass is 9.93. The van der Waals surface area contributed by atoms with Gasteiger partial charge in [0, 0.05) is 48.3 Å². The number of anilines is 1. The van der Waals surface area contributed by atoms with Crippen LogP contribution in [0.4, 0.5) is 5.69 Å². The van der Waals surface area contributed by atoms with Gasteiger partial charge in [-0.2, -0.15) is 0 Å². The number of amides is 1. The van der Waals surface area contributed by atoms with Gasteiger partial charge in [0.1, 0.15) is 0 Å². The Balaban J connectivity index is 1.49. The first-order valence-corrected chi connectivity index (χ1v) is 10.6. The van der Waals surface area contributed by atoms with Crippen LogP contribution in [0.3, 0.4) is 0 Å². The van der Waals surface area contributed by atoms with Crippen LogP contribution in [0.25, 0.3) is 10.9 Å². The third-order valence-electron chi connectivity index (χ3n) is 6.51. The van der Waals surface area contributed by atoms with E-state index in [2.05, 4.69) is 59.6 Å². The number of rotatable bonds is 6. The number of fused-ring (bicyclic) bond motifs is 1. The van der Waals surface area contributed by atoms with Crippen LogP contribution in [0, 0.1) is 0 Å². The molecule has 0 aliphatic carbocycles. The normalized spacial score (nSPS) is 19.0. The first-order chi connectivity index (χ1) is 13.6. The zero-order valence-electron chi connectivity index (χ0n) is 17.2. The summed E-state index contributed by atoms with van der Waals surface area (Å²) in [6.45, 7) is 11.0. The van der Waals surface area contributed by atoms with E-state index < -0.39 is 0 Å².